The van der Waals surface area contributed by atoms with E-state index < -0.39 is 0 Å². The molecule has 4 heteroatoms. The Hall–Kier alpha value is -0.160. The van der Waals surface area contributed by atoms with E-state index in [1.54, 1.807) is 0 Å². The molecule has 1 N–H and O–H groups in total. The van der Waals surface area contributed by atoms with Crippen LogP contribution >= 0.6 is 0 Å². The SMILES string of the molecule is CCCNCC1(CN(C)CCCN(C)C)CCCOC1. The van der Waals surface area contributed by atoms with Gasteiger partial charge in [0.05, 0.1) is 6.61 Å². The molecule has 0 aromatic heterocycles. The fraction of sp³-hybridized carbons (Fsp3) is 1.00. The average Bonchev–Trinajstić information content (AvgIpc) is 2.39. The van der Waals surface area contributed by atoms with Crippen LogP contribution in [0, 0.1) is 5.41 Å². The normalized spacial score (nSPS) is 23.7. The highest BCUT2D eigenvalue weighted by Gasteiger charge is 2.33. The number of rotatable bonds is 10. The third kappa shape index (κ3) is 7.02. The number of hydrogen-bond donors (Lipinski definition) is 1. The molecule has 0 bridgehead atoms. The van der Waals surface area contributed by atoms with Crippen molar-refractivity contribution in [2.45, 2.75) is 32.6 Å². The Morgan fingerprint density at radius 1 is 1.20 bits per heavy atom. The molecule has 0 aromatic carbocycles. The molecule has 1 unspecified atom stereocenters. The largest absolute Gasteiger partial charge is 0.381 e. The van der Waals surface area contributed by atoms with Crippen molar-refractivity contribution in [1.82, 2.24) is 15.1 Å². The summed E-state index contributed by atoms with van der Waals surface area (Å²) >= 11 is 0. The molecule has 4 nitrogen and oxygen atoms in total. The van der Waals surface area contributed by atoms with Gasteiger partial charge in [-0.05, 0) is 66.5 Å². The summed E-state index contributed by atoms with van der Waals surface area (Å²) in [5, 5.41) is 3.61. The van der Waals surface area contributed by atoms with Crippen LogP contribution in [0.1, 0.15) is 32.6 Å². The molecule has 1 aliphatic heterocycles. The molecule has 1 rings (SSSR count). The maximum atomic E-state index is 5.78. The third-order valence-corrected chi connectivity index (χ3v) is 4.08. The van der Waals surface area contributed by atoms with Gasteiger partial charge in [-0.3, -0.25) is 0 Å². The lowest BCUT2D eigenvalue weighted by atomic mass is 9.81. The van der Waals surface area contributed by atoms with Gasteiger partial charge >= 0.3 is 0 Å². The molecule has 0 saturated carbocycles. The van der Waals surface area contributed by atoms with Crippen LogP contribution < -0.4 is 5.32 Å². The standard InChI is InChI=1S/C16H35N3O/c1-5-9-17-13-16(8-6-12-20-15-16)14-19(4)11-7-10-18(2)3/h17H,5-15H2,1-4H3. The first-order chi connectivity index (χ1) is 9.58. The monoisotopic (exact) mass is 285 g/mol. The van der Waals surface area contributed by atoms with Gasteiger partial charge in [0.15, 0.2) is 0 Å². The second-order valence-corrected chi connectivity index (χ2v) is 6.73. The first kappa shape index (κ1) is 17.9. The summed E-state index contributed by atoms with van der Waals surface area (Å²) in [6, 6.07) is 0. The molecule has 1 saturated heterocycles. The zero-order valence-corrected chi connectivity index (χ0v) is 14.1. The van der Waals surface area contributed by atoms with Gasteiger partial charge in [0.2, 0.25) is 0 Å². The molecule has 1 aliphatic rings. The van der Waals surface area contributed by atoms with Crippen molar-refractivity contribution >= 4 is 0 Å². The van der Waals surface area contributed by atoms with Crippen LogP contribution in [-0.4, -0.2) is 76.9 Å². The van der Waals surface area contributed by atoms with Gasteiger partial charge in [0, 0.05) is 25.1 Å². The van der Waals surface area contributed by atoms with Gasteiger partial charge in [0.1, 0.15) is 0 Å². The van der Waals surface area contributed by atoms with E-state index in [1.807, 2.05) is 0 Å². The lowest BCUT2D eigenvalue weighted by Crippen LogP contribution is -2.48. The maximum Gasteiger partial charge on any atom is 0.0546 e. The van der Waals surface area contributed by atoms with Crippen molar-refractivity contribution in [2.75, 3.05) is 67.1 Å². The summed E-state index contributed by atoms with van der Waals surface area (Å²) in [7, 11) is 6.54. The van der Waals surface area contributed by atoms with E-state index in [4.69, 9.17) is 4.74 Å². The number of hydrogen-bond acceptors (Lipinski definition) is 4. The quantitative estimate of drug-likeness (QED) is 0.618. The Kier molecular flexibility index (Phi) is 8.69. The van der Waals surface area contributed by atoms with E-state index >= 15 is 0 Å². The minimum absolute atomic E-state index is 0.320. The van der Waals surface area contributed by atoms with Crippen LogP contribution in [0.5, 0.6) is 0 Å². The van der Waals surface area contributed by atoms with Crippen molar-refractivity contribution in [2.24, 2.45) is 5.41 Å². The van der Waals surface area contributed by atoms with Gasteiger partial charge in [0.25, 0.3) is 0 Å². The van der Waals surface area contributed by atoms with Crippen LogP contribution in [0.15, 0.2) is 0 Å². The first-order valence-electron chi connectivity index (χ1n) is 8.20. The zero-order chi connectivity index (χ0) is 14.8. The summed E-state index contributed by atoms with van der Waals surface area (Å²) in [6.45, 7) is 9.80. The van der Waals surface area contributed by atoms with Gasteiger partial charge in [-0.1, -0.05) is 6.92 Å². The molecule has 0 spiro atoms. The highest BCUT2D eigenvalue weighted by molar-refractivity contribution is 4.86. The van der Waals surface area contributed by atoms with Crippen molar-refractivity contribution in [3.8, 4) is 0 Å². The van der Waals surface area contributed by atoms with E-state index in [2.05, 4.69) is 43.2 Å². The number of ether oxygens (including phenoxy) is 1. The molecule has 0 aromatic rings. The molecule has 120 valence electrons. The molecular weight excluding hydrogens is 250 g/mol. The summed E-state index contributed by atoms with van der Waals surface area (Å²) < 4.78 is 5.78. The Balaban J connectivity index is 2.38. The van der Waals surface area contributed by atoms with Crippen LogP contribution in [0.25, 0.3) is 0 Å². The van der Waals surface area contributed by atoms with Crippen molar-refractivity contribution < 1.29 is 4.74 Å². The molecule has 1 atom stereocenters. The average molecular weight is 285 g/mol. The summed E-state index contributed by atoms with van der Waals surface area (Å²) in [5.74, 6) is 0. The van der Waals surface area contributed by atoms with E-state index in [1.165, 1.54) is 38.8 Å². The van der Waals surface area contributed by atoms with Gasteiger partial charge in [-0.15, -0.1) is 0 Å². The predicted octanol–water partition coefficient (Wildman–Crippen LogP) is 1.67. The fourth-order valence-corrected chi connectivity index (χ4v) is 3.07. The smallest absolute Gasteiger partial charge is 0.0546 e. The highest BCUT2D eigenvalue weighted by atomic mass is 16.5. The van der Waals surface area contributed by atoms with Crippen molar-refractivity contribution in [1.29, 1.82) is 0 Å². The van der Waals surface area contributed by atoms with Crippen LogP contribution in [0.4, 0.5) is 0 Å². The number of nitrogens with one attached hydrogen (secondary N) is 1. The van der Waals surface area contributed by atoms with Crippen LogP contribution in [0.3, 0.4) is 0 Å². The Labute approximate surface area is 125 Å². The van der Waals surface area contributed by atoms with Crippen LogP contribution in [0.2, 0.25) is 0 Å². The molecular formula is C16H35N3O. The van der Waals surface area contributed by atoms with Gasteiger partial charge in [-0.25, -0.2) is 0 Å². The molecule has 0 aliphatic carbocycles. The highest BCUT2D eigenvalue weighted by Crippen LogP contribution is 2.29. The predicted molar refractivity (Wildman–Crippen MR) is 86.3 cm³/mol. The minimum atomic E-state index is 0.320. The fourth-order valence-electron chi connectivity index (χ4n) is 3.07. The van der Waals surface area contributed by atoms with E-state index in [-0.39, 0.29) is 0 Å². The first-order valence-corrected chi connectivity index (χ1v) is 8.20. The zero-order valence-electron chi connectivity index (χ0n) is 14.1. The number of nitrogens with zero attached hydrogens (tertiary/aromatic N) is 2. The molecule has 20 heavy (non-hydrogen) atoms. The third-order valence-electron chi connectivity index (χ3n) is 4.08. The maximum absolute atomic E-state index is 5.78. The minimum Gasteiger partial charge on any atom is -0.381 e. The van der Waals surface area contributed by atoms with Crippen LogP contribution in [-0.2, 0) is 4.74 Å². The molecule has 1 heterocycles. The van der Waals surface area contributed by atoms with Gasteiger partial charge < -0.3 is 19.9 Å². The van der Waals surface area contributed by atoms with Gasteiger partial charge in [-0.2, -0.15) is 0 Å². The topological polar surface area (TPSA) is 27.7 Å². The lowest BCUT2D eigenvalue weighted by Gasteiger charge is -2.40. The summed E-state index contributed by atoms with van der Waals surface area (Å²) in [6.07, 6.45) is 4.94. The second-order valence-electron chi connectivity index (χ2n) is 6.73. The molecule has 0 radical (unpaired) electrons. The van der Waals surface area contributed by atoms with Crippen molar-refractivity contribution in [3.63, 3.8) is 0 Å². The summed E-state index contributed by atoms with van der Waals surface area (Å²) in [4.78, 5) is 4.75. The van der Waals surface area contributed by atoms with E-state index in [9.17, 15) is 0 Å². The van der Waals surface area contributed by atoms with E-state index in [0.29, 0.717) is 5.41 Å². The van der Waals surface area contributed by atoms with E-state index in [0.717, 1.165) is 32.8 Å². The second kappa shape index (κ2) is 9.72. The Morgan fingerprint density at radius 2 is 2.00 bits per heavy atom. The Morgan fingerprint density at radius 3 is 2.60 bits per heavy atom. The molecule has 0 amide bonds. The molecule has 1 fully saturated rings. The summed E-state index contributed by atoms with van der Waals surface area (Å²) in [5.41, 5.74) is 0.320. The van der Waals surface area contributed by atoms with Crippen molar-refractivity contribution in [3.05, 3.63) is 0 Å². The lowest BCUT2D eigenvalue weighted by molar-refractivity contribution is -0.0228. The Bertz CT molecular complexity index is 240.